The van der Waals surface area contributed by atoms with Crippen molar-refractivity contribution >= 4 is 5.91 Å². The minimum absolute atomic E-state index is 0.109. The molecule has 0 aliphatic carbocycles. The average Bonchev–Trinajstić information content (AvgIpc) is 3.41. The van der Waals surface area contributed by atoms with Gasteiger partial charge in [-0.3, -0.25) is 9.48 Å². The molecular formula is C27H44N4O6. The van der Waals surface area contributed by atoms with E-state index in [1.807, 2.05) is 42.2 Å². The molecule has 1 unspecified atom stereocenters. The number of carbonyl (C=O) groups excluding carboxylic acids is 1. The molecule has 0 saturated carbocycles. The van der Waals surface area contributed by atoms with Gasteiger partial charge in [-0.15, -0.1) is 0 Å². The average molecular weight is 521 g/mol. The number of hydrogen-bond acceptors (Lipinski definition) is 8. The Morgan fingerprint density at radius 1 is 0.838 bits per heavy atom. The molecule has 0 aliphatic rings. The van der Waals surface area contributed by atoms with E-state index in [0.717, 1.165) is 18.5 Å². The van der Waals surface area contributed by atoms with Gasteiger partial charge in [0.25, 0.3) is 5.91 Å². The number of carbonyl (C=O) groups is 1. The van der Waals surface area contributed by atoms with Crippen LogP contribution in [0.3, 0.4) is 0 Å². The van der Waals surface area contributed by atoms with E-state index in [0.29, 0.717) is 78.2 Å². The summed E-state index contributed by atoms with van der Waals surface area (Å²) in [5, 5.41) is 10.3. The highest BCUT2D eigenvalue weighted by Gasteiger charge is 2.11. The minimum Gasteiger partial charge on any atom is -0.378 e. The van der Waals surface area contributed by atoms with Crippen molar-refractivity contribution in [2.24, 2.45) is 0 Å². The molecule has 1 aromatic carbocycles. The van der Waals surface area contributed by atoms with Gasteiger partial charge in [0.1, 0.15) is 0 Å². The number of aromatic nitrogens is 2. The lowest BCUT2D eigenvalue weighted by Gasteiger charge is -2.13. The first-order valence-electron chi connectivity index (χ1n) is 13.1. The summed E-state index contributed by atoms with van der Waals surface area (Å²) in [4.78, 5) is 12.4. The Bertz CT molecular complexity index is 846. The molecule has 0 saturated heterocycles. The Hall–Kier alpha value is -2.34. The van der Waals surface area contributed by atoms with E-state index in [1.165, 1.54) is 5.56 Å². The largest absolute Gasteiger partial charge is 0.378 e. The fourth-order valence-electron chi connectivity index (χ4n) is 3.33. The van der Waals surface area contributed by atoms with E-state index >= 15 is 0 Å². The number of likely N-dealkylation sites (N-methyl/N-ethyl adjacent to an activating group) is 1. The number of rotatable bonds is 22. The third kappa shape index (κ3) is 13.1. The Morgan fingerprint density at radius 3 is 1.84 bits per heavy atom. The number of nitrogens with one attached hydrogen (secondary N) is 2. The summed E-state index contributed by atoms with van der Waals surface area (Å²) in [6, 6.07) is 7.74. The third-order valence-corrected chi connectivity index (χ3v) is 5.63. The first-order chi connectivity index (χ1) is 18.2. The van der Waals surface area contributed by atoms with Crippen LogP contribution in [0.25, 0.3) is 0 Å². The van der Waals surface area contributed by atoms with E-state index in [9.17, 15) is 4.79 Å². The molecule has 208 valence electrons. The second-order valence-corrected chi connectivity index (χ2v) is 8.40. The van der Waals surface area contributed by atoms with Crippen molar-refractivity contribution in [3.05, 3.63) is 53.3 Å². The van der Waals surface area contributed by atoms with Gasteiger partial charge in [-0.2, -0.15) is 5.10 Å². The van der Waals surface area contributed by atoms with Crippen molar-refractivity contribution in [1.82, 2.24) is 20.4 Å². The van der Waals surface area contributed by atoms with E-state index in [2.05, 4.69) is 35.8 Å². The van der Waals surface area contributed by atoms with Gasteiger partial charge in [0, 0.05) is 24.8 Å². The maximum atomic E-state index is 12.4. The highest BCUT2D eigenvalue weighted by atomic mass is 16.6. The Balaban J connectivity index is 1.42. The molecule has 0 aliphatic heterocycles. The van der Waals surface area contributed by atoms with Crippen molar-refractivity contribution in [2.45, 2.75) is 26.3 Å². The van der Waals surface area contributed by atoms with Gasteiger partial charge in [-0.1, -0.05) is 19.1 Å². The molecule has 37 heavy (non-hydrogen) atoms. The van der Waals surface area contributed by atoms with Crippen molar-refractivity contribution in [3.63, 3.8) is 0 Å². The number of aryl methyl sites for hydroxylation is 1. The highest BCUT2D eigenvalue weighted by Crippen LogP contribution is 2.18. The van der Waals surface area contributed by atoms with Gasteiger partial charge in [-0.25, -0.2) is 0 Å². The predicted octanol–water partition coefficient (Wildman–Crippen LogP) is 2.09. The van der Waals surface area contributed by atoms with Crippen LogP contribution >= 0.6 is 0 Å². The summed E-state index contributed by atoms with van der Waals surface area (Å²) >= 11 is 0. The first kappa shape index (κ1) is 30.9. The standard InChI is InChI=1S/C27H44N4O6/c1-4-24-21-30-31(22-24)23(2)25-5-7-26(8-6-25)27(32)29-10-12-34-14-16-36-18-20-37-19-17-35-15-13-33-11-9-28-3/h5-8,21-23,28H,4,9-20H2,1-3H3,(H,29,32). The molecule has 1 heterocycles. The van der Waals surface area contributed by atoms with Gasteiger partial charge in [0.2, 0.25) is 0 Å². The SMILES string of the molecule is CCc1cnn(C(C)c2ccc(C(=O)NCCOCCOCCOCCOCCOCCNC)cc2)c1. The summed E-state index contributed by atoms with van der Waals surface area (Å²) in [6.07, 6.45) is 4.92. The normalized spacial score (nSPS) is 12.1. The van der Waals surface area contributed by atoms with Crippen LogP contribution in [0.1, 0.15) is 41.4 Å². The first-order valence-corrected chi connectivity index (χ1v) is 13.1. The van der Waals surface area contributed by atoms with Crippen LogP contribution in [0, 0.1) is 0 Å². The quantitative estimate of drug-likeness (QED) is 0.228. The second-order valence-electron chi connectivity index (χ2n) is 8.40. The lowest BCUT2D eigenvalue weighted by atomic mass is 10.1. The van der Waals surface area contributed by atoms with Crippen LogP contribution in [0.2, 0.25) is 0 Å². The summed E-state index contributed by atoms with van der Waals surface area (Å²) in [6.45, 7) is 10.8. The smallest absolute Gasteiger partial charge is 0.251 e. The van der Waals surface area contributed by atoms with Gasteiger partial charge < -0.3 is 34.3 Å². The molecule has 2 rings (SSSR count). The summed E-state index contributed by atoms with van der Waals surface area (Å²) in [5.74, 6) is -0.117. The molecule has 2 N–H and O–H groups in total. The van der Waals surface area contributed by atoms with Crippen LogP contribution < -0.4 is 10.6 Å². The number of amides is 1. The van der Waals surface area contributed by atoms with Gasteiger partial charge in [0.15, 0.2) is 0 Å². The Kier molecular flexibility index (Phi) is 16.5. The van der Waals surface area contributed by atoms with Gasteiger partial charge in [0.05, 0.1) is 78.3 Å². The summed E-state index contributed by atoms with van der Waals surface area (Å²) < 4.78 is 29.1. The highest BCUT2D eigenvalue weighted by molar-refractivity contribution is 5.94. The number of nitrogens with zero attached hydrogens (tertiary/aromatic N) is 2. The molecule has 0 radical (unpaired) electrons. The molecule has 2 aromatic rings. The fraction of sp³-hybridized carbons (Fsp3) is 0.630. The molecule has 1 aromatic heterocycles. The third-order valence-electron chi connectivity index (χ3n) is 5.63. The van der Waals surface area contributed by atoms with E-state index < -0.39 is 0 Å². The molecule has 1 amide bonds. The van der Waals surface area contributed by atoms with Crippen LogP contribution in [-0.2, 0) is 30.1 Å². The van der Waals surface area contributed by atoms with Crippen molar-refractivity contribution in [1.29, 1.82) is 0 Å². The van der Waals surface area contributed by atoms with Crippen LogP contribution in [0.5, 0.6) is 0 Å². The monoisotopic (exact) mass is 520 g/mol. The van der Waals surface area contributed by atoms with Crippen LogP contribution in [-0.4, -0.2) is 102 Å². The molecule has 0 fully saturated rings. The number of hydrogen-bond donors (Lipinski definition) is 2. The van der Waals surface area contributed by atoms with Crippen LogP contribution in [0.4, 0.5) is 0 Å². The zero-order valence-corrected chi connectivity index (χ0v) is 22.6. The zero-order chi connectivity index (χ0) is 26.6. The van der Waals surface area contributed by atoms with Gasteiger partial charge >= 0.3 is 0 Å². The van der Waals surface area contributed by atoms with Crippen molar-refractivity contribution in [3.8, 4) is 0 Å². The topological polar surface area (TPSA) is 105 Å². The molecule has 1 atom stereocenters. The fourth-order valence-corrected chi connectivity index (χ4v) is 3.33. The van der Waals surface area contributed by atoms with E-state index in [4.69, 9.17) is 23.7 Å². The van der Waals surface area contributed by atoms with Crippen LogP contribution in [0.15, 0.2) is 36.7 Å². The molecule has 10 nitrogen and oxygen atoms in total. The van der Waals surface area contributed by atoms with Gasteiger partial charge in [-0.05, 0) is 43.7 Å². The Morgan fingerprint density at radius 2 is 1.35 bits per heavy atom. The minimum atomic E-state index is -0.117. The molecular weight excluding hydrogens is 476 g/mol. The second kappa shape index (κ2) is 19.7. The predicted molar refractivity (Wildman–Crippen MR) is 142 cm³/mol. The maximum absolute atomic E-state index is 12.4. The lowest BCUT2D eigenvalue weighted by Crippen LogP contribution is -2.27. The molecule has 10 heteroatoms. The van der Waals surface area contributed by atoms with E-state index in [-0.39, 0.29) is 11.9 Å². The Labute approximate surface area is 220 Å². The molecule has 0 spiro atoms. The summed E-state index contributed by atoms with van der Waals surface area (Å²) in [5.41, 5.74) is 2.93. The molecule has 0 bridgehead atoms. The van der Waals surface area contributed by atoms with Crippen molar-refractivity contribution in [2.75, 3.05) is 86.2 Å². The van der Waals surface area contributed by atoms with E-state index in [1.54, 1.807) is 0 Å². The van der Waals surface area contributed by atoms with Crippen molar-refractivity contribution < 1.29 is 28.5 Å². The number of benzene rings is 1. The summed E-state index contributed by atoms with van der Waals surface area (Å²) in [7, 11) is 1.89. The lowest BCUT2D eigenvalue weighted by molar-refractivity contribution is -0.0104. The zero-order valence-electron chi connectivity index (χ0n) is 22.6. The maximum Gasteiger partial charge on any atom is 0.251 e. The number of ether oxygens (including phenoxy) is 5.